The Hall–Kier alpha value is -3.17. The van der Waals surface area contributed by atoms with Gasteiger partial charge in [0.1, 0.15) is 28.9 Å². The number of carbonyl (C=O) groups is 1. The molecule has 1 heterocycles. The summed E-state index contributed by atoms with van der Waals surface area (Å²) in [4.78, 5) is 22.5. The highest BCUT2D eigenvalue weighted by molar-refractivity contribution is 5.91. The number of rotatable bonds is 7. The fourth-order valence-electron chi connectivity index (χ4n) is 3.66. The highest BCUT2D eigenvalue weighted by atomic mass is 16.6. The first-order valence-corrected chi connectivity index (χ1v) is 9.95. The molecule has 3 rings (SSSR count). The van der Waals surface area contributed by atoms with Crippen molar-refractivity contribution in [3.05, 3.63) is 57.6 Å². The highest BCUT2D eigenvalue weighted by Gasteiger charge is 2.43. The van der Waals surface area contributed by atoms with Crippen LogP contribution in [-0.2, 0) is 11.2 Å². The number of methoxy groups -OCH3 is 1. The van der Waals surface area contributed by atoms with Crippen LogP contribution in [0.2, 0.25) is 0 Å². The summed E-state index contributed by atoms with van der Waals surface area (Å²) < 4.78 is 11.1. The zero-order chi connectivity index (χ0) is 22.8. The first-order valence-electron chi connectivity index (χ1n) is 9.95. The Morgan fingerprint density at radius 1 is 1.29 bits per heavy atom. The summed E-state index contributed by atoms with van der Waals surface area (Å²) >= 11 is 0. The van der Waals surface area contributed by atoms with Crippen LogP contribution >= 0.6 is 0 Å². The molecule has 0 aliphatic carbocycles. The predicted octanol–water partition coefficient (Wildman–Crippen LogP) is 2.97. The molecule has 0 saturated heterocycles. The standard InChI is InChI=1S/C22H27N3O6/c1-13(26)24-17-11-16-19(12-18(17)25(28)29)31-22(2,3)21(27)20(16)23-10-9-14-5-7-15(30-4)8-6-14/h5-8,11-12,20-21,23,27H,9-10H2,1-4H3,(H,24,26). The molecule has 0 saturated carbocycles. The van der Waals surface area contributed by atoms with Crippen LogP contribution in [-0.4, -0.2) is 41.3 Å². The van der Waals surface area contributed by atoms with Crippen LogP contribution in [0.25, 0.3) is 0 Å². The van der Waals surface area contributed by atoms with Crippen LogP contribution in [0.3, 0.4) is 0 Å². The maximum absolute atomic E-state index is 11.5. The zero-order valence-electron chi connectivity index (χ0n) is 18.0. The summed E-state index contributed by atoms with van der Waals surface area (Å²) in [6.07, 6.45) is -0.211. The van der Waals surface area contributed by atoms with Crippen LogP contribution in [0.5, 0.6) is 11.5 Å². The summed E-state index contributed by atoms with van der Waals surface area (Å²) in [6.45, 7) is 5.29. The van der Waals surface area contributed by atoms with Crippen LogP contribution in [0.1, 0.15) is 37.9 Å². The lowest BCUT2D eigenvalue weighted by Gasteiger charge is -2.42. The van der Waals surface area contributed by atoms with Gasteiger partial charge in [-0.1, -0.05) is 12.1 Å². The van der Waals surface area contributed by atoms with E-state index in [0.29, 0.717) is 24.3 Å². The van der Waals surface area contributed by atoms with E-state index in [1.165, 1.54) is 19.1 Å². The molecule has 3 N–H and O–H groups in total. The Bertz CT molecular complexity index is 974. The summed E-state index contributed by atoms with van der Waals surface area (Å²) in [5.74, 6) is 0.655. The predicted molar refractivity (Wildman–Crippen MR) is 116 cm³/mol. The number of nitro benzene ring substituents is 1. The number of amides is 1. The van der Waals surface area contributed by atoms with E-state index >= 15 is 0 Å². The zero-order valence-corrected chi connectivity index (χ0v) is 18.0. The second-order valence-electron chi connectivity index (χ2n) is 8.03. The summed E-state index contributed by atoms with van der Waals surface area (Å²) in [5.41, 5.74) is 0.480. The highest BCUT2D eigenvalue weighted by Crippen LogP contribution is 2.44. The van der Waals surface area contributed by atoms with Crippen molar-refractivity contribution in [3.8, 4) is 11.5 Å². The fourth-order valence-corrected chi connectivity index (χ4v) is 3.66. The van der Waals surface area contributed by atoms with Gasteiger partial charge in [0.05, 0.1) is 24.1 Å². The van der Waals surface area contributed by atoms with Crippen molar-refractivity contribution in [3.63, 3.8) is 0 Å². The lowest BCUT2D eigenvalue weighted by atomic mass is 9.86. The Morgan fingerprint density at radius 3 is 2.55 bits per heavy atom. The molecule has 2 aromatic carbocycles. The normalized spacial score (nSPS) is 19.1. The minimum absolute atomic E-state index is 0.0636. The van der Waals surface area contributed by atoms with Gasteiger partial charge in [0.15, 0.2) is 0 Å². The SMILES string of the molecule is COc1ccc(CCNC2c3cc(NC(C)=O)c([N+](=O)[O-])cc3OC(C)(C)C2O)cc1. The average Bonchev–Trinajstić information content (AvgIpc) is 2.70. The molecule has 31 heavy (non-hydrogen) atoms. The van der Waals surface area contributed by atoms with Gasteiger partial charge in [-0.25, -0.2) is 0 Å². The van der Waals surface area contributed by atoms with Gasteiger partial charge in [0.2, 0.25) is 5.91 Å². The van der Waals surface area contributed by atoms with Gasteiger partial charge in [0, 0.05) is 12.5 Å². The second kappa shape index (κ2) is 8.91. The van der Waals surface area contributed by atoms with Crippen LogP contribution in [0.4, 0.5) is 11.4 Å². The van der Waals surface area contributed by atoms with Crippen molar-refractivity contribution in [1.82, 2.24) is 5.32 Å². The molecule has 2 atom stereocenters. The van der Waals surface area contributed by atoms with Gasteiger partial charge in [0.25, 0.3) is 5.69 Å². The Morgan fingerprint density at radius 2 is 1.97 bits per heavy atom. The van der Waals surface area contributed by atoms with Gasteiger partial charge in [-0.05, 0) is 50.6 Å². The number of nitrogens with zero attached hydrogens (tertiary/aromatic N) is 1. The molecule has 0 radical (unpaired) electrons. The number of benzene rings is 2. The van der Waals surface area contributed by atoms with Crippen molar-refractivity contribution in [1.29, 1.82) is 0 Å². The van der Waals surface area contributed by atoms with Gasteiger partial charge >= 0.3 is 0 Å². The van der Waals surface area contributed by atoms with E-state index in [0.717, 1.165) is 11.3 Å². The summed E-state index contributed by atoms with van der Waals surface area (Å²) in [7, 11) is 1.61. The van der Waals surface area contributed by atoms with E-state index in [-0.39, 0.29) is 11.4 Å². The lowest BCUT2D eigenvalue weighted by Crippen LogP contribution is -2.52. The Balaban J connectivity index is 1.88. The number of fused-ring (bicyclic) bond motifs is 1. The van der Waals surface area contributed by atoms with E-state index < -0.39 is 28.6 Å². The van der Waals surface area contributed by atoms with Crippen LogP contribution in [0.15, 0.2) is 36.4 Å². The minimum Gasteiger partial charge on any atom is -0.497 e. The largest absolute Gasteiger partial charge is 0.497 e. The maximum Gasteiger partial charge on any atom is 0.296 e. The molecule has 1 aliphatic heterocycles. The van der Waals surface area contributed by atoms with Gasteiger partial charge in [-0.3, -0.25) is 14.9 Å². The molecule has 0 bridgehead atoms. The van der Waals surface area contributed by atoms with E-state index in [9.17, 15) is 20.0 Å². The third-order valence-electron chi connectivity index (χ3n) is 5.31. The maximum atomic E-state index is 11.5. The number of hydrogen-bond acceptors (Lipinski definition) is 7. The number of carbonyl (C=O) groups excluding carboxylic acids is 1. The summed E-state index contributed by atoms with van der Waals surface area (Å²) in [6, 6.07) is 9.97. The molecule has 0 aromatic heterocycles. The van der Waals surface area contributed by atoms with Gasteiger partial charge in [-0.15, -0.1) is 0 Å². The average molecular weight is 429 g/mol. The molecule has 1 amide bonds. The fraction of sp³-hybridized carbons (Fsp3) is 0.409. The van der Waals surface area contributed by atoms with Gasteiger partial charge < -0.3 is 25.2 Å². The first-order chi connectivity index (χ1) is 14.6. The van der Waals surface area contributed by atoms with Crippen molar-refractivity contribution >= 4 is 17.3 Å². The second-order valence-corrected chi connectivity index (χ2v) is 8.03. The number of nitrogens with one attached hydrogen (secondary N) is 2. The minimum atomic E-state index is -0.964. The first kappa shape index (κ1) is 22.5. The molecular formula is C22H27N3O6. The van der Waals surface area contributed by atoms with Crippen LogP contribution in [0, 0.1) is 10.1 Å². The monoisotopic (exact) mass is 429 g/mol. The molecule has 9 nitrogen and oxygen atoms in total. The number of aliphatic hydroxyl groups excluding tert-OH is 1. The Kier molecular flexibility index (Phi) is 6.47. The third kappa shape index (κ3) is 4.95. The lowest BCUT2D eigenvalue weighted by molar-refractivity contribution is -0.384. The van der Waals surface area contributed by atoms with E-state index in [4.69, 9.17) is 9.47 Å². The van der Waals surface area contributed by atoms with Crippen molar-refractivity contribution < 1.29 is 24.3 Å². The molecule has 166 valence electrons. The number of ether oxygens (including phenoxy) is 2. The van der Waals surface area contributed by atoms with Crippen molar-refractivity contribution in [2.75, 3.05) is 19.0 Å². The van der Waals surface area contributed by atoms with Crippen molar-refractivity contribution in [2.45, 2.75) is 44.9 Å². The van der Waals surface area contributed by atoms with Crippen LogP contribution < -0.4 is 20.1 Å². The Labute approximate surface area is 180 Å². The topological polar surface area (TPSA) is 123 Å². The molecule has 2 aromatic rings. The third-order valence-corrected chi connectivity index (χ3v) is 5.31. The van der Waals surface area contributed by atoms with E-state index in [1.807, 2.05) is 24.3 Å². The van der Waals surface area contributed by atoms with E-state index in [1.54, 1.807) is 21.0 Å². The van der Waals surface area contributed by atoms with E-state index in [2.05, 4.69) is 10.6 Å². The number of hydrogen-bond donors (Lipinski definition) is 3. The molecule has 0 fully saturated rings. The molecule has 0 spiro atoms. The smallest absolute Gasteiger partial charge is 0.296 e. The molecule has 9 heteroatoms. The molecular weight excluding hydrogens is 402 g/mol. The quantitative estimate of drug-likeness (QED) is 0.457. The number of nitro groups is 1. The number of aliphatic hydroxyl groups is 1. The molecule has 1 aliphatic rings. The van der Waals surface area contributed by atoms with Gasteiger partial charge in [-0.2, -0.15) is 0 Å². The summed E-state index contributed by atoms with van der Waals surface area (Å²) in [5, 5.41) is 28.3. The number of anilines is 1. The molecule has 2 unspecified atom stereocenters. The van der Waals surface area contributed by atoms with Crippen molar-refractivity contribution in [2.24, 2.45) is 0 Å².